The highest BCUT2D eigenvalue weighted by atomic mass is 32.2. The number of esters is 1. The number of thiazole rings is 1. The van der Waals surface area contributed by atoms with Gasteiger partial charge in [0.15, 0.2) is 9.84 Å². The Morgan fingerprint density at radius 1 is 1.25 bits per heavy atom. The van der Waals surface area contributed by atoms with Crippen molar-refractivity contribution in [3.63, 3.8) is 0 Å². The fourth-order valence-corrected chi connectivity index (χ4v) is 9.93. The Bertz CT molecular complexity index is 2270. The van der Waals surface area contributed by atoms with Crippen molar-refractivity contribution in [1.29, 1.82) is 0 Å². The number of hydrazine groups is 1. The third-order valence-electron chi connectivity index (χ3n) is 11.7. The van der Waals surface area contributed by atoms with Crippen molar-refractivity contribution in [2.75, 3.05) is 33.1 Å². The van der Waals surface area contributed by atoms with E-state index in [2.05, 4.69) is 17.3 Å². The summed E-state index contributed by atoms with van der Waals surface area (Å²) in [6.45, 7) is 18.3. The van der Waals surface area contributed by atoms with E-state index in [9.17, 15) is 22.8 Å². The number of carbonyl (C=O) groups is 3. The van der Waals surface area contributed by atoms with Gasteiger partial charge in [0.1, 0.15) is 29.1 Å². The number of hydrogen-bond donors (Lipinski definition) is 2. The molecule has 7 atom stereocenters. The molecule has 2 N–H and O–H groups in total. The van der Waals surface area contributed by atoms with Crippen LogP contribution in [0.25, 0.3) is 27.7 Å². The number of carbonyl (C=O) groups excluding carboxylic acids is 3. The molecule has 14 nitrogen and oxygen atoms in total. The molecule has 3 aliphatic rings. The molecule has 0 unspecified atom stereocenters. The summed E-state index contributed by atoms with van der Waals surface area (Å²) in [4.78, 5) is 51.8. The zero-order valence-electron chi connectivity index (χ0n) is 35.5. The molecule has 2 aromatic heterocycles. The molecule has 2 aliphatic heterocycles. The van der Waals surface area contributed by atoms with E-state index >= 15 is 0 Å². The first-order chi connectivity index (χ1) is 27.9. The van der Waals surface area contributed by atoms with Crippen molar-refractivity contribution in [3.05, 3.63) is 58.2 Å². The highest BCUT2D eigenvalue weighted by Gasteiger charge is 2.50. The lowest BCUT2D eigenvalue weighted by Gasteiger charge is -2.37. The van der Waals surface area contributed by atoms with Crippen LogP contribution in [-0.2, 0) is 50.7 Å². The van der Waals surface area contributed by atoms with Crippen molar-refractivity contribution in [3.8, 4) is 11.3 Å². The van der Waals surface area contributed by atoms with Crippen LogP contribution in [0.5, 0.6) is 0 Å². The van der Waals surface area contributed by atoms with Crippen LogP contribution in [0.15, 0.2) is 46.9 Å². The van der Waals surface area contributed by atoms with Crippen molar-refractivity contribution >= 4 is 61.6 Å². The Morgan fingerprint density at radius 3 is 2.61 bits per heavy atom. The summed E-state index contributed by atoms with van der Waals surface area (Å²) in [5.74, 6) is -1.36. The van der Waals surface area contributed by atoms with E-state index in [4.69, 9.17) is 24.2 Å². The molecule has 16 heteroatoms. The second-order valence-corrected chi connectivity index (χ2v) is 19.7. The number of benzene rings is 1. The van der Waals surface area contributed by atoms with E-state index in [1.165, 1.54) is 22.6 Å². The minimum absolute atomic E-state index is 0.0235. The maximum atomic E-state index is 14.5. The predicted molar refractivity (Wildman–Crippen MR) is 230 cm³/mol. The Hall–Kier alpha value is -4.22. The zero-order chi connectivity index (χ0) is 43.0. The molecular formula is C43H58N6O8S2. The van der Waals surface area contributed by atoms with Gasteiger partial charge in [-0.1, -0.05) is 46.4 Å². The van der Waals surface area contributed by atoms with Gasteiger partial charge in [-0.05, 0) is 69.6 Å². The SMILES string of the molecule is C=C/C(=C(\N=C/C)[C@H](C)OC)c1c2c3cc(ccc3n1CS(C)(=O)=O)-c1csc(n1)[C@@H](OCC)[C@H](NC(=O)[C@H]1[C@H](C)[C@@H]1C)C(=O)N1CCC[C@H](N1)C(=O)OCC(C)(C)C2. The second kappa shape index (κ2) is 17.8. The minimum atomic E-state index is -3.59. The van der Waals surface area contributed by atoms with Crippen molar-refractivity contribution in [2.24, 2.45) is 28.2 Å². The first-order valence-corrected chi connectivity index (χ1v) is 23.2. The average Bonchev–Trinajstić information content (AvgIpc) is 3.47. The normalized spacial score (nSPS) is 25.9. The molecule has 1 saturated carbocycles. The Labute approximate surface area is 351 Å². The van der Waals surface area contributed by atoms with Crippen LogP contribution >= 0.6 is 11.3 Å². The predicted octanol–water partition coefficient (Wildman–Crippen LogP) is 5.88. The van der Waals surface area contributed by atoms with Crippen LogP contribution in [0.3, 0.4) is 0 Å². The summed E-state index contributed by atoms with van der Waals surface area (Å²) in [5, 5.41) is 7.62. The lowest BCUT2D eigenvalue weighted by molar-refractivity contribution is -0.156. The van der Waals surface area contributed by atoms with E-state index < -0.39 is 51.4 Å². The zero-order valence-corrected chi connectivity index (χ0v) is 37.2. The molecule has 6 rings (SSSR count). The summed E-state index contributed by atoms with van der Waals surface area (Å²) >= 11 is 1.32. The number of nitrogens with one attached hydrogen (secondary N) is 2. The van der Waals surface area contributed by atoms with E-state index in [0.717, 1.165) is 16.5 Å². The van der Waals surface area contributed by atoms with Crippen LogP contribution in [0, 0.1) is 23.2 Å². The largest absolute Gasteiger partial charge is 0.464 e. The van der Waals surface area contributed by atoms with Crippen molar-refractivity contribution < 1.29 is 37.0 Å². The topological polar surface area (TPSA) is 171 Å². The maximum absolute atomic E-state index is 14.5. The first kappa shape index (κ1) is 44.3. The standard InChI is InChI=1S/C43H58N6O8S2/c1-11-28(35(44-12-2)26(6)55-9)37-30-20-43(7,8)22-57-42(52)31-15-14-18-49(47-31)41(51)36(46-39(50)34-24(4)25(34)5)38(56-13-3)40-45-32(21-58-40)27-16-17-33(29(30)19-27)48(37)23-59(10,53)54/h11-12,16-17,19,21,24-26,31,34,36,38,47H,1,13-15,18,20,22-23H2,2-10H3,(H,46,50)/b35-28+,44-12-/t24-,25+,26-,31-,34+,36-,38-/m0/s1. The number of amides is 2. The third-order valence-corrected chi connectivity index (χ3v) is 13.3. The summed E-state index contributed by atoms with van der Waals surface area (Å²) < 4.78 is 46.3. The molecule has 2 amide bonds. The summed E-state index contributed by atoms with van der Waals surface area (Å²) in [7, 11) is -2.00. The van der Waals surface area contributed by atoms with Crippen LogP contribution < -0.4 is 10.7 Å². The highest BCUT2D eigenvalue weighted by molar-refractivity contribution is 7.89. The monoisotopic (exact) mass is 850 g/mol. The van der Waals surface area contributed by atoms with E-state index in [-0.39, 0.29) is 42.8 Å². The van der Waals surface area contributed by atoms with Gasteiger partial charge in [0.25, 0.3) is 5.91 Å². The number of methoxy groups -OCH3 is 1. The van der Waals surface area contributed by atoms with Gasteiger partial charge in [-0.15, -0.1) is 11.3 Å². The van der Waals surface area contributed by atoms with E-state index in [1.807, 2.05) is 65.1 Å². The third kappa shape index (κ3) is 9.41. The molecule has 3 aromatic rings. The lowest BCUT2D eigenvalue weighted by Crippen LogP contribution is -2.61. The lowest BCUT2D eigenvalue weighted by atomic mass is 9.84. The van der Waals surface area contributed by atoms with Crippen LogP contribution in [0.2, 0.25) is 0 Å². The molecule has 4 heterocycles. The summed E-state index contributed by atoms with van der Waals surface area (Å²) in [6, 6.07) is 3.83. The molecular weight excluding hydrogens is 793 g/mol. The fraction of sp³-hybridized carbons (Fsp3) is 0.558. The number of nitrogens with zero attached hydrogens (tertiary/aromatic N) is 4. The van der Waals surface area contributed by atoms with Crippen molar-refractivity contribution in [1.82, 2.24) is 25.3 Å². The first-order valence-electron chi connectivity index (χ1n) is 20.3. The van der Waals surface area contributed by atoms with Crippen LogP contribution in [0.4, 0.5) is 0 Å². The number of sulfone groups is 1. The molecule has 1 aromatic carbocycles. The quantitative estimate of drug-likeness (QED) is 0.135. The van der Waals surface area contributed by atoms with Gasteiger partial charge in [-0.3, -0.25) is 24.4 Å². The number of rotatable bonds is 11. The Balaban J connectivity index is 1.60. The number of cyclic esters (lactones) is 1. The van der Waals surface area contributed by atoms with E-state index in [0.29, 0.717) is 59.0 Å². The molecule has 0 spiro atoms. The average molecular weight is 851 g/mol. The van der Waals surface area contributed by atoms with E-state index in [1.54, 1.807) is 30.9 Å². The smallest absolute Gasteiger partial charge is 0.324 e. The summed E-state index contributed by atoms with van der Waals surface area (Å²) in [5.41, 5.74) is 7.10. The number of hydrogen-bond acceptors (Lipinski definition) is 12. The van der Waals surface area contributed by atoms with Crippen LogP contribution in [-0.4, -0.2) is 98.3 Å². The molecule has 320 valence electrons. The van der Waals surface area contributed by atoms with Crippen LogP contribution in [0.1, 0.15) is 83.7 Å². The Morgan fingerprint density at radius 2 is 1.98 bits per heavy atom. The molecule has 2 fully saturated rings. The second-order valence-electron chi connectivity index (χ2n) is 16.7. The molecule has 0 radical (unpaired) electrons. The molecule has 1 aliphatic carbocycles. The minimum Gasteiger partial charge on any atom is -0.464 e. The Kier molecular flexibility index (Phi) is 13.4. The fourth-order valence-electron chi connectivity index (χ4n) is 8.28. The van der Waals surface area contributed by atoms with Gasteiger partial charge >= 0.3 is 5.97 Å². The number of allylic oxidation sites excluding steroid dienone is 2. The van der Waals surface area contributed by atoms with Crippen molar-refractivity contribution in [2.45, 2.75) is 97.9 Å². The number of aliphatic imine (C=N–C) groups is 1. The van der Waals surface area contributed by atoms with Gasteiger partial charge < -0.3 is 24.1 Å². The number of fused-ring (bicyclic) bond motifs is 6. The maximum Gasteiger partial charge on any atom is 0.324 e. The highest BCUT2D eigenvalue weighted by Crippen LogP contribution is 2.46. The number of ether oxygens (including phenoxy) is 3. The molecule has 59 heavy (non-hydrogen) atoms. The van der Waals surface area contributed by atoms with Gasteiger partial charge in [0, 0.05) is 71.5 Å². The van der Waals surface area contributed by atoms with Gasteiger partial charge in [0.2, 0.25) is 5.91 Å². The number of aromatic nitrogens is 2. The van der Waals surface area contributed by atoms with Gasteiger partial charge in [-0.25, -0.2) is 18.8 Å². The van der Waals surface area contributed by atoms with Gasteiger partial charge in [0.05, 0.1) is 29.8 Å². The molecule has 1 saturated heterocycles. The molecule has 6 bridgehead atoms. The summed E-state index contributed by atoms with van der Waals surface area (Å²) in [6.07, 6.45) is 4.49. The van der Waals surface area contributed by atoms with Gasteiger partial charge in [-0.2, -0.15) is 0 Å².